The van der Waals surface area contributed by atoms with Gasteiger partial charge in [0.2, 0.25) is 11.8 Å². The first-order chi connectivity index (χ1) is 15.3. The Balaban J connectivity index is 1.48. The molecule has 1 N–H and O–H groups in total. The van der Waals surface area contributed by atoms with E-state index in [1.807, 2.05) is 0 Å². The molecule has 0 radical (unpaired) electrons. The lowest BCUT2D eigenvalue weighted by atomic mass is 9.82. The van der Waals surface area contributed by atoms with Crippen molar-refractivity contribution in [2.24, 2.45) is 0 Å². The van der Waals surface area contributed by atoms with Gasteiger partial charge in [-0.2, -0.15) is 5.26 Å². The summed E-state index contributed by atoms with van der Waals surface area (Å²) in [5.74, 6) is 2.93. The Morgan fingerprint density at radius 2 is 1.97 bits per heavy atom. The average Bonchev–Trinajstić information content (AvgIpc) is 3.22. The maximum Gasteiger partial charge on any atom is 0.254 e. The Morgan fingerprint density at radius 3 is 2.53 bits per heavy atom. The molecule has 2 fully saturated rings. The van der Waals surface area contributed by atoms with E-state index in [0.717, 1.165) is 25.7 Å². The number of carbonyl (C=O) groups excluding carboxylic acids is 2. The molecule has 0 aromatic carbocycles. The summed E-state index contributed by atoms with van der Waals surface area (Å²) in [4.78, 5) is 32.0. The molecule has 8 heteroatoms. The number of rotatable bonds is 6. The molecule has 0 spiro atoms. The van der Waals surface area contributed by atoms with Crippen molar-refractivity contribution in [2.45, 2.75) is 69.2 Å². The molecule has 32 heavy (non-hydrogen) atoms. The van der Waals surface area contributed by atoms with E-state index < -0.39 is 6.04 Å². The number of nitrogens with zero attached hydrogens (tertiary/aromatic N) is 4. The summed E-state index contributed by atoms with van der Waals surface area (Å²) in [5.41, 5.74) is 0.342. The van der Waals surface area contributed by atoms with E-state index in [1.165, 1.54) is 11.1 Å². The first-order valence-electron chi connectivity index (χ1n) is 11.0. The third-order valence-corrected chi connectivity index (χ3v) is 6.39. The molecule has 2 amide bonds. The van der Waals surface area contributed by atoms with Crippen LogP contribution in [-0.4, -0.2) is 71.0 Å². The summed E-state index contributed by atoms with van der Waals surface area (Å²) in [6, 6.07) is 4.91. The van der Waals surface area contributed by atoms with Crippen LogP contribution in [0.2, 0.25) is 0 Å². The van der Waals surface area contributed by atoms with Crippen molar-refractivity contribution in [3.05, 3.63) is 23.9 Å². The second-order valence-corrected chi connectivity index (χ2v) is 9.02. The normalized spacial score (nSPS) is 27.3. The Hall–Kier alpha value is -3.10. The van der Waals surface area contributed by atoms with Crippen molar-refractivity contribution in [2.75, 3.05) is 20.6 Å². The Morgan fingerprint density at radius 1 is 1.28 bits per heavy atom. The van der Waals surface area contributed by atoms with Crippen molar-refractivity contribution in [3.8, 4) is 24.3 Å². The number of pyridine rings is 1. The van der Waals surface area contributed by atoms with Crippen molar-refractivity contribution in [1.29, 1.82) is 5.26 Å². The highest BCUT2D eigenvalue weighted by atomic mass is 16.5. The standard InChI is InChI=1S/C24H31N5O3/c1-5-18-7-8-19(14-25)29(18)22(30)16-27-24(2)12-10-20(11-13-24)32-21-9-6-17(15-26-21)23(31)28(3)4/h1,6,9,15,18-20,27H,7-8,10-13,16H2,2-4H3/t18-,19+,20?,24?/m1/s1. The lowest BCUT2D eigenvalue weighted by molar-refractivity contribution is -0.131. The van der Waals surface area contributed by atoms with Gasteiger partial charge < -0.3 is 19.9 Å². The van der Waals surface area contributed by atoms with Crippen LogP contribution in [0.15, 0.2) is 18.3 Å². The van der Waals surface area contributed by atoms with E-state index in [9.17, 15) is 14.9 Å². The second kappa shape index (κ2) is 10.0. The highest BCUT2D eigenvalue weighted by Gasteiger charge is 2.37. The molecule has 1 aromatic heterocycles. The SMILES string of the molecule is C#C[C@@H]1CC[C@@H](C#N)N1C(=O)CNC1(C)CCC(Oc2ccc(C(=O)N(C)C)cn2)CC1. The number of hydrogen-bond donors (Lipinski definition) is 1. The Labute approximate surface area is 189 Å². The van der Waals surface area contributed by atoms with Crippen molar-refractivity contribution in [1.82, 2.24) is 20.1 Å². The van der Waals surface area contributed by atoms with Gasteiger partial charge in [-0.15, -0.1) is 6.42 Å². The number of hydrogen-bond acceptors (Lipinski definition) is 6. The van der Waals surface area contributed by atoms with Crippen LogP contribution in [0.1, 0.15) is 55.8 Å². The van der Waals surface area contributed by atoms with Gasteiger partial charge in [-0.25, -0.2) is 4.98 Å². The van der Waals surface area contributed by atoms with Crippen LogP contribution < -0.4 is 10.1 Å². The van der Waals surface area contributed by atoms with E-state index in [-0.39, 0.29) is 36.0 Å². The molecule has 1 aromatic rings. The number of aromatic nitrogens is 1. The van der Waals surface area contributed by atoms with Crippen LogP contribution in [0.5, 0.6) is 5.88 Å². The monoisotopic (exact) mass is 437 g/mol. The molecule has 2 heterocycles. The zero-order chi connectivity index (χ0) is 23.3. The molecule has 3 rings (SSSR count). The molecule has 2 atom stereocenters. The molecule has 1 saturated carbocycles. The number of carbonyl (C=O) groups is 2. The van der Waals surface area contributed by atoms with E-state index >= 15 is 0 Å². The quantitative estimate of drug-likeness (QED) is 0.684. The smallest absolute Gasteiger partial charge is 0.254 e. The zero-order valence-electron chi connectivity index (χ0n) is 19.0. The lowest BCUT2D eigenvalue weighted by Crippen LogP contribution is -2.52. The Kier molecular flexibility index (Phi) is 7.37. The zero-order valence-corrected chi connectivity index (χ0v) is 19.0. The number of nitrogens with one attached hydrogen (secondary N) is 1. The number of amides is 2. The predicted octanol–water partition coefficient (Wildman–Crippen LogP) is 1.97. The third-order valence-electron chi connectivity index (χ3n) is 6.39. The van der Waals surface area contributed by atoms with Crippen LogP contribution in [0.4, 0.5) is 0 Å². The molecular formula is C24H31N5O3. The fraction of sp³-hybridized carbons (Fsp3) is 0.583. The average molecular weight is 438 g/mol. The minimum absolute atomic E-state index is 0.0378. The van der Waals surface area contributed by atoms with Gasteiger partial charge in [-0.3, -0.25) is 9.59 Å². The molecule has 170 valence electrons. The summed E-state index contributed by atoms with van der Waals surface area (Å²) in [7, 11) is 3.40. The number of ether oxygens (including phenoxy) is 1. The van der Waals surface area contributed by atoms with Gasteiger partial charge in [0.05, 0.1) is 24.2 Å². The maximum atomic E-state index is 12.7. The molecule has 0 bridgehead atoms. The van der Waals surface area contributed by atoms with Gasteiger partial charge in [0, 0.05) is 31.9 Å². The van der Waals surface area contributed by atoms with E-state index in [2.05, 4.69) is 29.2 Å². The number of terminal acetylenes is 1. The molecule has 0 unspecified atom stereocenters. The minimum Gasteiger partial charge on any atom is -0.474 e. The summed E-state index contributed by atoms with van der Waals surface area (Å²) < 4.78 is 6.01. The fourth-order valence-electron chi connectivity index (χ4n) is 4.36. The van der Waals surface area contributed by atoms with Crippen LogP contribution in [-0.2, 0) is 4.79 Å². The third kappa shape index (κ3) is 5.38. The van der Waals surface area contributed by atoms with Crippen LogP contribution in [0.3, 0.4) is 0 Å². The van der Waals surface area contributed by atoms with E-state index in [0.29, 0.717) is 24.3 Å². The van der Waals surface area contributed by atoms with E-state index in [4.69, 9.17) is 11.2 Å². The predicted molar refractivity (Wildman–Crippen MR) is 120 cm³/mol. The minimum atomic E-state index is -0.436. The van der Waals surface area contributed by atoms with Gasteiger partial charge in [-0.05, 0) is 51.5 Å². The number of likely N-dealkylation sites (tertiary alicyclic amines) is 1. The summed E-state index contributed by atoms with van der Waals surface area (Å²) in [6.45, 7) is 2.28. The fourth-order valence-corrected chi connectivity index (χ4v) is 4.36. The van der Waals surface area contributed by atoms with Crippen molar-refractivity contribution in [3.63, 3.8) is 0 Å². The van der Waals surface area contributed by atoms with Gasteiger partial charge >= 0.3 is 0 Å². The molecule has 2 aliphatic rings. The van der Waals surface area contributed by atoms with Gasteiger partial charge in [0.25, 0.3) is 5.91 Å². The lowest BCUT2D eigenvalue weighted by Gasteiger charge is -2.38. The summed E-state index contributed by atoms with van der Waals surface area (Å²) in [5, 5.41) is 12.7. The molecule has 1 saturated heterocycles. The summed E-state index contributed by atoms with van der Waals surface area (Å²) >= 11 is 0. The van der Waals surface area contributed by atoms with Gasteiger partial charge in [0.15, 0.2) is 0 Å². The van der Waals surface area contributed by atoms with Gasteiger partial charge in [0.1, 0.15) is 12.1 Å². The topological polar surface area (TPSA) is 98.6 Å². The molecule has 1 aliphatic heterocycles. The molecule has 8 nitrogen and oxygen atoms in total. The maximum absolute atomic E-state index is 12.7. The largest absolute Gasteiger partial charge is 0.474 e. The van der Waals surface area contributed by atoms with Crippen molar-refractivity contribution >= 4 is 11.8 Å². The summed E-state index contributed by atoms with van der Waals surface area (Å²) in [6.07, 6.45) is 11.8. The first kappa shape index (κ1) is 23.6. The Bertz CT molecular complexity index is 885. The van der Waals surface area contributed by atoms with E-state index in [1.54, 1.807) is 31.1 Å². The van der Waals surface area contributed by atoms with Crippen LogP contribution in [0.25, 0.3) is 0 Å². The van der Waals surface area contributed by atoms with Crippen molar-refractivity contribution < 1.29 is 14.3 Å². The van der Waals surface area contributed by atoms with Crippen LogP contribution in [0, 0.1) is 23.7 Å². The van der Waals surface area contributed by atoms with Crippen LogP contribution >= 0.6 is 0 Å². The molecule has 1 aliphatic carbocycles. The second-order valence-electron chi connectivity index (χ2n) is 9.02. The molecular weight excluding hydrogens is 406 g/mol. The highest BCUT2D eigenvalue weighted by molar-refractivity contribution is 5.93. The number of nitriles is 1. The van der Waals surface area contributed by atoms with Gasteiger partial charge in [-0.1, -0.05) is 5.92 Å². The first-order valence-corrected chi connectivity index (χ1v) is 11.0. The highest BCUT2D eigenvalue weighted by Crippen LogP contribution is 2.30.